The van der Waals surface area contributed by atoms with E-state index in [2.05, 4.69) is 32.1 Å². The summed E-state index contributed by atoms with van der Waals surface area (Å²) in [7, 11) is 1.59. The van der Waals surface area contributed by atoms with Gasteiger partial charge in [-0.2, -0.15) is 0 Å². The summed E-state index contributed by atoms with van der Waals surface area (Å²) in [5, 5.41) is 9.53. The molecule has 0 amide bonds. The number of carboxylic acids is 1. The van der Waals surface area contributed by atoms with Gasteiger partial charge in [0.1, 0.15) is 23.9 Å². The number of carbonyl (C=O) groups is 1. The van der Waals surface area contributed by atoms with E-state index < -0.39 is 11.9 Å². The number of methoxy groups -OCH3 is 1. The molecule has 0 unspecified atom stereocenters. The Morgan fingerprint density at radius 2 is 1.84 bits per heavy atom. The third-order valence-electron chi connectivity index (χ3n) is 8.32. The molecule has 2 atom stereocenters. The molecule has 5 heteroatoms. The lowest BCUT2D eigenvalue weighted by atomic mass is 9.79. The van der Waals surface area contributed by atoms with Crippen molar-refractivity contribution in [3.63, 3.8) is 0 Å². The zero-order chi connectivity index (χ0) is 27.0. The normalized spacial score (nSPS) is 18.6. The minimum absolute atomic E-state index is 0.00577. The highest BCUT2D eigenvalue weighted by Crippen LogP contribution is 2.47. The molecule has 0 radical (unpaired) electrons. The molecule has 5 rings (SSSR count). The first-order valence-corrected chi connectivity index (χ1v) is 13.3. The van der Waals surface area contributed by atoms with Gasteiger partial charge in [-0.1, -0.05) is 45.0 Å². The summed E-state index contributed by atoms with van der Waals surface area (Å²) in [5.74, 6) is -0.119. The van der Waals surface area contributed by atoms with Crippen LogP contribution in [0.2, 0.25) is 0 Å². The van der Waals surface area contributed by atoms with Crippen molar-refractivity contribution in [2.24, 2.45) is 11.3 Å². The average Bonchev–Trinajstić information content (AvgIpc) is 3.49. The van der Waals surface area contributed by atoms with Crippen LogP contribution in [0.4, 0.5) is 4.39 Å². The van der Waals surface area contributed by atoms with E-state index in [4.69, 9.17) is 9.47 Å². The summed E-state index contributed by atoms with van der Waals surface area (Å²) >= 11 is 0. The molecule has 0 spiro atoms. The summed E-state index contributed by atoms with van der Waals surface area (Å²) < 4.78 is 26.6. The SMILES string of the molecule is COc1ccc(F)c(-c2ccc(COc3ccc4c(c3)[C@H]([C@H](C)C(=O)O)CC4)cc2C2=CCCC2(C)C)c1. The number of aliphatic carboxylic acids is 1. The molecule has 0 aliphatic heterocycles. The Hall–Kier alpha value is -3.60. The van der Waals surface area contributed by atoms with Gasteiger partial charge in [0.05, 0.1) is 13.0 Å². The summed E-state index contributed by atoms with van der Waals surface area (Å²) in [4.78, 5) is 11.6. The number of aryl methyl sites for hydroxylation is 1. The maximum atomic E-state index is 15.0. The number of carboxylic acid groups (broad SMARTS) is 1. The van der Waals surface area contributed by atoms with Crippen LogP contribution in [0.5, 0.6) is 11.5 Å². The van der Waals surface area contributed by atoms with Gasteiger partial charge in [0, 0.05) is 5.56 Å². The number of fused-ring (bicyclic) bond motifs is 1. The van der Waals surface area contributed by atoms with Crippen LogP contribution in [0.15, 0.2) is 60.7 Å². The van der Waals surface area contributed by atoms with Crippen LogP contribution >= 0.6 is 0 Å². The van der Waals surface area contributed by atoms with Crippen molar-refractivity contribution in [2.75, 3.05) is 7.11 Å². The van der Waals surface area contributed by atoms with Gasteiger partial charge in [0.2, 0.25) is 0 Å². The molecular weight excluding hydrogens is 479 g/mol. The van der Waals surface area contributed by atoms with E-state index >= 15 is 4.39 Å². The van der Waals surface area contributed by atoms with Crippen molar-refractivity contribution in [1.29, 1.82) is 0 Å². The Kier molecular flexibility index (Phi) is 7.04. The molecular formula is C33H35FO4. The number of benzene rings is 3. The van der Waals surface area contributed by atoms with E-state index in [0.717, 1.165) is 53.7 Å². The minimum atomic E-state index is -0.765. The summed E-state index contributed by atoms with van der Waals surface area (Å²) in [6.07, 6.45) is 6.06. The molecule has 38 heavy (non-hydrogen) atoms. The molecule has 198 valence electrons. The van der Waals surface area contributed by atoms with E-state index in [0.29, 0.717) is 17.9 Å². The number of allylic oxidation sites excluding steroid dienone is 2. The van der Waals surface area contributed by atoms with Gasteiger partial charge in [0.15, 0.2) is 0 Å². The molecule has 4 nitrogen and oxygen atoms in total. The lowest BCUT2D eigenvalue weighted by molar-refractivity contribution is -0.141. The van der Waals surface area contributed by atoms with Gasteiger partial charge in [-0.25, -0.2) is 4.39 Å². The summed E-state index contributed by atoms with van der Waals surface area (Å²) in [6, 6.07) is 17.0. The smallest absolute Gasteiger partial charge is 0.306 e. The van der Waals surface area contributed by atoms with Crippen LogP contribution in [0, 0.1) is 17.2 Å². The molecule has 0 heterocycles. The molecule has 2 aliphatic carbocycles. The highest BCUT2D eigenvalue weighted by atomic mass is 19.1. The Morgan fingerprint density at radius 3 is 2.55 bits per heavy atom. The Morgan fingerprint density at radius 1 is 1.05 bits per heavy atom. The molecule has 0 aromatic heterocycles. The minimum Gasteiger partial charge on any atom is -0.497 e. The number of halogens is 1. The first kappa shape index (κ1) is 26.0. The van der Waals surface area contributed by atoms with Crippen molar-refractivity contribution >= 4 is 11.5 Å². The molecule has 0 saturated heterocycles. The van der Waals surface area contributed by atoms with Crippen molar-refractivity contribution in [2.45, 2.75) is 59.0 Å². The lowest BCUT2D eigenvalue weighted by Crippen LogP contribution is -2.17. The second kappa shape index (κ2) is 10.3. The standard InChI is InChI=1S/C33H35FO4/c1-20(32(35)36)25-13-9-22-8-10-24(18-27(22)25)38-19-21-7-12-26(29-17-23(37-4)11-14-31(29)34)28(16-21)30-6-5-15-33(30,2)3/h6-8,10-12,14,16-18,20,25H,5,9,13,15,19H2,1-4H3,(H,35,36)/t20-,25-/m0/s1. The lowest BCUT2D eigenvalue weighted by Gasteiger charge is -2.25. The number of hydrogen-bond acceptors (Lipinski definition) is 3. The third-order valence-corrected chi connectivity index (χ3v) is 8.32. The highest BCUT2D eigenvalue weighted by Gasteiger charge is 2.32. The van der Waals surface area contributed by atoms with E-state index in [1.165, 1.54) is 17.2 Å². The summed E-state index contributed by atoms with van der Waals surface area (Å²) in [5.41, 5.74) is 6.87. The Labute approximate surface area is 224 Å². The third kappa shape index (κ3) is 4.94. The van der Waals surface area contributed by atoms with E-state index in [-0.39, 0.29) is 17.2 Å². The van der Waals surface area contributed by atoms with Crippen LogP contribution in [-0.4, -0.2) is 18.2 Å². The van der Waals surface area contributed by atoms with Crippen molar-refractivity contribution in [1.82, 2.24) is 0 Å². The molecule has 0 saturated carbocycles. The average molecular weight is 515 g/mol. The molecule has 0 fully saturated rings. The second-order valence-electron chi connectivity index (χ2n) is 11.2. The van der Waals surface area contributed by atoms with Gasteiger partial charge >= 0.3 is 5.97 Å². The predicted molar refractivity (Wildman–Crippen MR) is 148 cm³/mol. The van der Waals surface area contributed by atoms with E-state index in [1.54, 1.807) is 26.2 Å². The van der Waals surface area contributed by atoms with Gasteiger partial charge < -0.3 is 14.6 Å². The van der Waals surface area contributed by atoms with E-state index in [1.807, 2.05) is 24.3 Å². The maximum absolute atomic E-state index is 15.0. The van der Waals surface area contributed by atoms with Gasteiger partial charge in [-0.15, -0.1) is 0 Å². The van der Waals surface area contributed by atoms with Crippen LogP contribution in [0.3, 0.4) is 0 Å². The maximum Gasteiger partial charge on any atom is 0.306 e. The van der Waals surface area contributed by atoms with Gasteiger partial charge in [-0.3, -0.25) is 4.79 Å². The first-order valence-electron chi connectivity index (χ1n) is 13.3. The zero-order valence-corrected chi connectivity index (χ0v) is 22.5. The quantitative estimate of drug-likeness (QED) is 0.331. The van der Waals surface area contributed by atoms with Gasteiger partial charge in [0.25, 0.3) is 0 Å². The Balaban J connectivity index is 1.46. The molecule has 3 aromatic carbocycles. The van der Waals surface area contributed by atoms with E-state index in [9.17, 15) is 9.90 Å². The van der Waals surface area contributed by atoms with Crippen LogP contribution in [-0.2, 0) is 17.8 Å². The van der Waals surface area contributed by atoms with Crippen LogP contribution in [0.1, 0.15) is 68.2 Å². The fourth-order valence-corrected chi connectivity index (χ4v) is 6.00. The second-order valence-corrected chi connectivity index (χ2v) is 11.2. The number of ether oxygens (including phenoxy) is 2. The predicted octanol–water partition coefficient (Wildman–Crippen LogP) is 8.03. The molecule has 0 bridgehead atoms. The van der Waals surface area contributed by atoms with Gasteiger partial charge in [-0.05, 0) is 107 Å². The monoisotopic (exact) mass is 514 g/mol. The zero-order valence-electron chi connectivity index (χ0n) is 22.5. The number of rotatable bonds is 8. The van der Waals surface area contributed by atoms with Crippen LogP contribution in [0.25, 0.3) is 16.7 Å². The fourth-order valence-electron chi connectivity index (χ4n) is 6.00. The van der Waals surface area contributed by atoms with Crippen molar-refractivity contribution in [3.8, 4) is 22.6 Å². The summed E-state index contributed by atoms with van der Waals surface area (Å²) in [6.45, 7) is 6.61. The highest BCUT2D eigenvalue weighted by molar-refractivity contribution is 5.85. The van der Waals surface area contributed by atoms with Crippen LogP contribution < -0.4 is 9.47 Å². The largest absolute Gasteiger partial charge is 0.497 e. The fraction of sp³-hybridized carbons (Fsp3) is 0.364. The van der Waals surface area contributed by atoms with Crippen molar-refractivity contribution < 1.29 is 23.8 Å². The Bertz CT molecular complexity index is 1400. The van der Waals surface area contributed by atoms with Crippen molar-refractivity contribution in [3.05, 3.63) is 88.7 Å². The first-order chi connectivity index (χ1) is 18.2. The number of hydrogen-bond donors (Lipinski definition) is 1. The molecule has 2 aliphatic rings. The topological polar surface area (TPSA) is 55.8 Å². The molecule has 1 N–H and O–H groups in total. The molecule has 3 aromatic rings.